The number of ether oxygens (including phenoxy) is 1. The van der Waals surface area contributed by atoms with Crippen LogP contribution in [0.2, 0.25) is 0 Å². The van der Waals surface area contributed by atoms with Gasteiger partial charge < -0.3 is 15.0 Å². The van der Waals surface area contributed by atoms with Gasteiger partial charge in [0.15, 0.2) is 0 Å². The Labute approximate surface area is 168 Å². The van der Waals surface area contributed by atoms with E-state index >= 15 is 0 Å². The normalized spacial score (nSPS) is 12.1. The molecule has 2 N–H and O–H groups in total. The van der Waals surface area contributed by atoms with Gasteiger partial charge in [0.25, 0.3) is 0 Å². The molecule has 1 aromatic heterocycles. The molecule has 4 nitrogen and oxygen atoms in total. The Morgan fingerprint density at radius 3 is 2.68 bits per heavy atom. The molecule has 0 radical (unpaired) electrons. The van der Waals surface area contributed by atoms with Crippen molar-refractivity contribution in [3.63, 3.8) is 0 Å². The van der Waals surface area contributed by atoms with Crippen molar-refractivity contribution >= 4 is 0 Å². The first-order chi connectivity index (χ1) is 13.8. The SMILES string of the molecule is CCCCCCC(NCc1ccccc1)c1nc(-c2cccc(OC)c2)c[nH]1. The summed E-state index contributed by atoms with van der Waals surface area (Å²) in [4.78, 5) is 8.30. The summed E-state index contributed by atoms with van der Waals surface area (Å²) in [5, 5.41) is 3.70. The minimum absolute atomic E-state index is 0.219. The molecule has 0 saturated heterocycles. The van der Waals surface area contributed by atoms with Crippen molar-refractivity contribution in [2.24, 2.45) is 0 Å². The quantitative estimate of drug-likeness (QED) is 0.410. The number of methoxy groups -OCH3 is 1. The van der Waals surface area contributed by atoms with Crippen LogP contribution in [0.3, 0.4) is 0 Å². The number of rotatable bonds is 11. The predicted octanol–water partition coefficient (Wildman–Crippen LogP) is 5.89. The van der Waals surface area contributed by atoms with E-state index in [0.717, 1.165) is 35.8 Å². The van der Waals surface area contributed by atoms with Crippen LogP contribution in [0.4, 0.5) is 0 Å². The minimum Gasteiger partial charge on any atom is -0.497 e. The molecule has 28 heavy (non-hydrogen) atoms. The molecule has 3 aromatic rings. The highest BCUT2D eigenvalue weighted by Crippen LogP contribution is 2.25. The van der Waals surface area contributed by atoms with E-state index in [1.54, 1.807) is 7.11 Å². The fourth-order valence-corrected chi connectivity index (χ4v) is 3.39. The van der Waals surface area contributed by atoms with E-state index in [2.05, 4.69) is 53.6 Å². The monoisotopic (exact) mass is 377 g/mol. The fraction of sp³-hybridized carbons (Fsp3) is 0.375. The number of nitrogens with zero attached hydrogens (tertiary/aromatic N) is 1. The van der Waals surface area contributed by atoms with Crippen molar-refractivity contribution in [2.75, 3.05) is 7.11 Å². The van der Waals surface area contributed by atoms with E-state index in [9.17, 15) is 0 Å². The Morgan fingerprint density at radius 1 is 1.04 bits per heavy atom. The molecule has 0 spiro atoms. The molecule has 148 valence electrons. The second-order valence-corrected chi connectivity index (χ2v) is 7.17. The number of unbranched alkanes of at least 4 members (excludes halogenated alkanes) is 3. The van der Waals surface area contributed by atoms with Gasteiger partial charge in [-0.3, -0.25) is 0 Å². The lowest BCUT2D eigenvalue weighted by molar-refractivity contribution is 0.415. The van der Waals surface area contributed by atoms with Crippen LogP contribution < -0.4 is 10.1 Å². The molecule has 0 amide bonds. The molecule has 0 aliphatic rings. The number of aromatic nitrogens is 2. The average Bonchev–Trinajstić information content (AvgIpc) is 3.24. The molecule has 3 rings (SSSR count). The topological polar surface area (TPSA) is 49.9 Å². The Bertz CT molecular complexity index is 829. The summed E-state index contributed by atoms with van der Waals surface area (Å²) in [6, 6.07) is 18.8. The standard InChI is InChI=1S/C24H31N3O/c1-3-4-5-9-15-22(25-17-19-11-7-6-8-12-19)24-26-18-23(27-24)20-13-10-14-21(16-20)28-2/h6-8,10-14,16,18,22,25H,3-5,9,15,17H2,1-2H3,(H,26,27). The molecule has 0 fully saturated rings. The van der Waals surface area contributed by atoms with Gasteiger partial charge >= 0.3 is 0 Å². The number of aromatic amines is 1. The lowest BCUT2D eigenvalue weighted by Crippen LogP contribution is -2.22. The number of H-pyrrole nitrogens is 1. The summed E-state index contributed by atoms with van der Waals surface area (Å²) in [7, 11) is 1.69. The smallest absolute Gasteiger partial charge is 0.124 e. The molecule has 1 unspecified atom stereocenters. The third kappa shape index (κ3) is 5.70. The van der Waals surface area contributed by atoms with Crippen molar-refractivity contribution in [2.45, 2.75) is 51.6 Å². The molecule has 0 bridgehead atoms. The zero-order valence-corrected chi connectivity index (χ0v) is 16.9. The third-order valence-corrected chi connectivity index (χ3v) is 5.04. The minimum atomic E-state index is 0.219. The van der Waals surface area contributed by atoms with Gasteiger partial charge in [-0.25, -0.2) is 4.98 Å². The van der Waals surface area contributed by atoms with Gasteiger partial charge in [0.05, 0.1) is 18.8 Å². The highest BCUT2D eigenvalue weighted by molar-refractivity contribution is 5.60. The summed E-state index contributed by atoms with van der Waals surface area (Å²) >= 11 is 0. The second kappa shape index (κ2) is 10.7. The van der Waals surface area contributed by atoms with Gasteiger partial charge in [-0.1, -0.05) is 75.1 Å². The van der Waals surface area contributed by atoms with E-state index in [0.29, 0.717) is 0 Å². The number of nitrogens with one attached hydrogen (secondary N) is 2. The number of benzene rings is 2. The van der Waals surface area contributed by atoms with Crippen LogP contribution >= 0.6 is 0 Å². The van der Waals surface area contributed by atoms with E-state index in [1.165, 1.54) is 31.2 Å². The molecular formula is C24H31N3O. The molecule has 1 heterocycles. The van der Waals surface area contributed by atoms with Gasteiger partial charge in [-0.05, 0) is 24.1 Å². The van der Waals surface area contributed by atoms with E-state index in [-0.39, 0.29) is 6.04 Å². The largest absolute Gasteiger partial charge is 0.497 e. The van der Waals surface area contributed by atoms with Crippen molar-refractivity contribution in [1.82, 2.24) is 15.3 Å². The van der Waals surface area contributed by atoms with Crippen LogP contribution in [0.1, 0.15) is 56.5 Å². The Hall–Kier alpha value is -2.59. The van der Waals surface area contributed by atoms with Crippen LogP contribution in [0, 0.1) is 0 Å². The molecular weight excluding hydrogens is 346 g/mol. The van der Waals surface area contributed by atoms with E-state index < -0.39 is 0 Å². The van der Waals surface area contributed by atoms with Crippen LogP contribution in [-0.2, 0) is 6.54 Å². The Kier molecular flexibility index (Phi) is 7.68. The van der Waals surface area contributed by atoms with Crippen LogP contribution in [0.5, 0.6) is 5.75 Å². The molecule has 4 heteroatoms. The maximum Gasteiger partial charge on any atom is 0.124 e. The molecule has 2 aromatic carbocycles. The maximum absolute atomic E-state index is 5.34. The zero-order valence-electron chi connectivity index (χ0n) is 16.9. The van der Waals surface area contributed by atoms with Crippen LogP contribution in [0.25, 0.3) is 11.3 Å². The highest BCUT2D eigenvalue weighted by atomic mass is 16.5. The summed E-state index contributed by atoms with van der Waals surface area (Å²) in [6.45, 7) is 3.09. The van der Waals surface area contributed by atoms with E-state index in [1.807, 2.05) is 24.4 Å². The first kappa shape index (κ1) is 20.2. The van der Waals surface area contributed by atoms with E-state index in [4.69, 9.17) is 9.72 Å². The summed E-state index contributed by atoms with van der Waals surface area (Å²) < 4.78 is 5.34. The van der Waals surface area contributed by atoms with Crippen LogP contribution in [0.15, 0.2) is 60.8 Å². The zero-order chi connectivity index (χ0) is 19.6. The van der Waals surface area contributed by atoms with Crippen molar-refractivity contribution in [1.29, 1.82) is 0 Å². The number of hydrogen-bond donors (Lipinski definition) is 2. The van der Waals surface area contributed by atoms with Crippen molar-refractivity contribution < 1.29 is 4.74 Å². The molecule has 1 atom stereocenters. The van der Waals surface area contributed by atoms with Gasteiger partial charge in [0.2, 0.25) is 0 Å². The van der Waals surface area contributed by atoms with Gasteiger partial charge in [-0.2, -0.15) is 0 Å². The Morgan fingerprint density at radius 2 is 1.89 bits per heavy atom. The summed E-state index contributed by atoms with van der Waals surface area (Å²) in [5.41, 5.74) is 3.31. The number of imidazole rings is 1. The first-order valence-electron chi connectivity index (χ1n) is 10.3. The van der Waals surface area contributed by atoms with Crippen molar-refractivity contribution in [3.05, 3.63) is 72.2 Å². The van der Waals surface area contributed by atoms with Gasteiger partial charge in [0.1, 0.15) is 11.6 Å². The average molecular weight is 378 g/mol. The molecule has 0 aliphatic heterocycles. The highest BCUT2D eigenvalue weighted by Gasteiger charge is 2.15. The molecule has 0 aliphatic carbocycles. The van der Waals surface area contributed by atoms with Crippen LogP contribution in [-0.4, -0.2) is 17.1 Å². The summed E-state index contributed by atoms with van der Waals surface area (Å²) in [5.74, 6) is 1.85. The van der Waals surface area contributed by atoms with Crippen molar-refractivity contribution in [3.8, 4) is 17.0 Å². The lowest BCUT2D eigenvalue weighted by Gasteiger charge is -2.17. The second-order valence-electron chi connectivity index (χ2n) is 7.17. The van der Waals surface area contributed by atoms with Gasteiger partial charge in [-0.15, -0.1) is 0 Å². The third-order valence-electron chi connectivity index (χ3n) is 5.04. The predicted molar refractivity (Wildman–Crippen MR) is 115 cm³/mol. The fourth-order valence-electron chi connectivity index (χ4n) is 3.39. The molecule has 0 saturated carbocycles. The Balaban J connectivity index is 1.72. The summed E-state index contributed by atoms with van der Waals surface area (Å²) in [6.07, 6.45) is 8.09. The maximum atomic E-state index is 5.34. The van der Waals surface area contributed by atoms with Gasteiger partial charge in [0, 0.05) is 18.3 Å². The number of hydrogen-bond acceptors (Lipinski definition) is 3. The lowest BCUT2D eigenvalue weighted by atomic mass is 10.1. The first-order valence-corrected chi connectivity index (χ1v) is 10.3.